The van der Waals surface area contributed by atoms with E-state index in [1.807, 2.05) is 0 Å². The topological polar surface area (TPSA) is 0 Å². The molecule has 3 heteroatoms. The summed E-state index contributed by atoms with van der Waals surface area (Å²) in [5.74, 6) is 0.847. The molecule has 0 atom stereocenters. The molecule has 1 saturated carbocycles. The number of hydrogen-bond acceptors (Lipinski definition) is 2. The second-order valence-electron chi connectivity index (χ2n) is 3.16. The molecule has 64 valence electrons. The maximum absolute atomic E-state index is 4.23. The van der Waals surface area contributed by atoms with Gasteiger partial charge < -0.3 is 6.92 Å². The van der Waals surface area contributed by atoms with Gasteiger partial charge in [0.1, 0.15) is 0 Å². The van der Waals surface area contributed by atoms with Crippen molar-refractivity contribution >= 4 is 25.3 Å². The van der Waals surface area contributed by atoms with Gasteiger partial charge in [0, 0.05) is 4.24 Å². The molecule has 0 saturated heterocycles. The number of thiol groups is 2. The molecule has 1 aliphatic carbocycles. The fourth-order valence-electron chi connectivity index (χ4n) is 1.54. The van der Waals surface area contributed by atoms with Crippen molar-refractivity contribution in [2.75, 3.05) is 0 Å². The zero-order valence-corrected chi connectivity index (χ0v) is 14.4. The minimum atomic E-state index is 0. The summed E-state index contributed by atoms with van der Waals surface area (Å²) in [5.41, 5.74) is 1.43. The first kappa shape index (κ1) is 14.2. The van der Waals surface area contributed by atoms with Gasteiger partial charge in [-0.3, -0.25) is 0 Å². The van der Waals surface area contributed by atoms with E-state index in [0.29, 0.717) is 0 Å². The normalized spacial score (nSPS) is 23.2. The van der Waals surface area contributed by atoms with Crippen LogP contribution in [0.25, 0.3) is 0 Å². The Kier molecular flexibility index (Phi) is 8.93. The molecule has 0 spiro atoms. The molecular weight excluding hydrogens is 258 g/mol. The van der Waals surface area contributed by atoms with Crippen molar-refractivity contribution in [1.29, 1.82) is 0 Å². The Morgan fingerprint density at radius 2 is 1.83 bits per heavy atom. The Morgan fingerprint density at radius 1 is 1.33 bits per heavy atom. The summed E-state index contributed by atoms with van der Waals surface area (Å²) in [6.45, 7) is 3.92. The summed E-state index contributed by atoms with van der Waals surface area (Å²) >= 11 is 8.46. The summed E-state index contributed by atoms with van der Waals surface area (Å²) in [7, 11) is 0. The molecule has 0 radical (unpaired) electrons. The van der Waals surface area contributed by atoms with Crippen LogP contribution in [0.1, 0.15) is 32.1 Å². The van der Waals surface area contributed by atoms with Crippen LogP contribution < -0.4 is 58.2 Å². The Labute approximate surface area is 136 Å². The molecule has 0 nitrogen and oxygen atoms in total. The summed E-state index contributed by atoms with van der Waals surface area (Å²) < 4.78 is 0.938. The second kappa shape index (κ2) is 7.53. The first-order valence-corrected chi connectivity index (χ1v) is 5.02. The first-order valence-electron chi connectivity index (χ1n) is 4.13. The van der Waals surface area contributed by atoms with Gasteiger partial charge in [-0.25, -0.2) is 0 Å². The van der Waals surface area contributed by atoms with E-state index in [1.54, 1.807) is 0 Å². The number of hydrogen-bond donors (Lipinski definition) is 2. The minimum absolute atomic E-state index is 0. The third-order valence-corrected chi connectivity index (χ3v) is 3.07. The molecule has 0 heterocycles. The van der Waals surface area contributed by atoms with Crippen LogP contribution in [-0.2, 0) is 0 Å². The summed E-state index contributed by atoms with van der Waals surface area (Å²) in [6, 6.07) is 0. The Morgan fingerprint density at radius 3 is 2.17 bits per heavy atom. The number of allylic oxidation sites excluding steroid dienone is 1. The van der Waals surface area contributed by atoms with Crippen molar-refractivity contribution in [2.24, 2.45) is 5.92 Å². The standard InChI is InChI=1S/C9H15S2.Rb/c1-2-7-3-5-8(6-4-7)9(10)11;/h7,10-11H,1-6H2;/q-1;+1. The maximum atomic E-state index is 4.23. The molecule has 0 N–H and O–H groups in total. The van der Waals surface area contributed by atoms with Crippen molar-refractivity contribution in [3.8, 4) is 0 Å². The second-order valence-corrected chi connectivity index (χ2v) is 4.41. The molecule has 0 unspecified atom stereocenters. The van der Waals surface area contributed by atoms with Crippen molar-refractivity contribution in [3.05, 3.63) is 16.7 Å². The van der Waals surface area contributed by atoms with Crippen molar-refractivity contribution in [1.82, 2.24) is 0 Å². The average molecular weight is 273 g/mol. The quantitative estimate of drug-likeness (QED) is 0.503. The van der Waals surface area contributed by atoms with Gasteiger partial charge in [-0.1, -0.05) is 11.5 Å². The molecule has 1 aliphatic rings. The molecule has 0 aliphatic heterocycles. The molecule has 0 aromatic heterocycles. The SMILES string of the molecule is [CH2-]CC1CCC(=C(S)S)CC1.[Rb+]. The molecule has 0 aromatic rings. The van der Waals surface area contributed by atoms with Crippen LogP contribution in [-0.4, -0.2) is 0 Å². The van der Waals surface area contributed by atoms with E-state index in [4.69, 9.17) is 0 Å². The fourth-order valence-corrected chi connectivity index (χ4v) is 1.99. The molecule has 1 rings (SSSR count). The predicted octanol–water partition coefficient (Wildman–Crippen LogP) is 0.476. The Balaban J connectivity index is 0.00000121. The van der Waals surface area contributed by atoms with Crippen molar-refractivity contribution in [3.63, 3.8) is 0 Å². The van der Waals surface area contributed by atoms with Gasteiger partial charge in [-0.2, -0.15) is 6.42 Å². The fraction of sp³-hybridized carbons (Fsp3) is 0.667. The van der Waals surface area contributed by atoms with Crippen LogP contribution in [0.2, 0.25) is 0 Å². The smallest absolute Gasteiger partial charge is 0.343 e. The molecule has 12 heavy (non-hydrogen) atoms. The van der Waals surface area contributed by atoms with Gasteiger partial charge in [-0.15, -0.1) is 25.3 Å². The minimum Gasteiger partial charge on any atom is -0.343 e. The molecule has 0 amide bonds. The van der Waals surface area contributed by atoms with E-state index in [0.717, 1.165) is 16.6 Å². The average Bonchev–Trinajstić information content (AvgIpc) is 2.05. The van der Waals surface area contributed by atoms with E-state index in [-0.39, 0.29) is 58.2 Å². The molecule has 0 bridgehead atoms. The van der Waals surface area contributed by atoms with E-state index < -0.39 is 0 Å². The van der Waals surface area contributed by atoms with Gasteiger partial charge >= 0.3 is 58.2 Å². The largest absolute Gasteiger partial charge is 1.00 e. The van der Waals surface area contributed by atoms with E-state index in [9.17, 15) is 0 Å². The maximum Gasteiger partial charge on any atom is 1.00 e. The van der Waals surface area contributed by atoms with Crippen molar-refractivity contribution in [2.45, 2.75) is 32.1 Å². The van der Waals surface area contributed by atoms with Gasteiger partial charge in [-0.05, 0) is 25.7 Å². The van der Waals surface area contributed by atoms with E-state index in [2.05, 4.69) is 32.2 Å². The van der Waals surface area contributed by atoms with Gasteiger partial charge in [0.2, 0.25) is 0 Å². The van der Waals surface area contributed by atoms with Gasteiger partial charge in [0.25, 0.3) is 0 Å². The van der Waals surface area contributed by atoms with E-state index in [1.165, 1.54) is 31.3 Å². The molecular formula is C9H15RbS2. The Hall–Kier alpha value is 2.25. The third kappa shape index (κ3) is 4.65. The monoisotopic (exact) mass is 272 g/mol. The summed E-state index contributed by atoms with van der Waals surface area (Å²) in [6.07, 6.45) is 6.01. The van der Waals surface area contributed by atoms with Crippen LogP contribution >= 0.6 is 25.3 Å². The van der Waals surface area contributed by atoms with Crippen molar-refractivity contribution < 1.29 is 58.2 Å². The zero-order valence-electron chi connectivity index (χ0n) is 7.71. The summed E-state index contributed by atoms with van der Waals surface area (Å²) in [4.78, 5) is 0. The van der Waals surface area contributed by atoms with Crippen LogP contribution in [0, 0.1) is 12.8 Å². The van der Waals surface area contributed by atoms with Gasteiger partial charge in [0.15, 0.2) is 0 Å². The van der Waals surface area contributed by atoms with Gasteiger partial charge in [0.05, 0.1) is 0 Å². The zero-order chi connectivity index (χ0) is 8.27. The van der Waals surface area contributed by atoms with Crippen LogP contribution in [0.5, 0.6) is 0 Å². The Bertz CT molecular complexity index is 152. The van der Waals surface area contributed by atoms with E-state index >= 15 is 0 Å². The predicted molar refractivity (Wildman–Crippen MR) is 56.9 cm³/mol. The molecule has 0 aromatic carbocycles. The van der Waals surface area contributed by atoms with Crippen LogP contribution in [0.4, 0.5) is 0 Å². The number of rotatable bonds is 1. The van der Waals surface area contributed by atoms with Crippen LogP contribution in [0.15, 0.2) is 9.81 Å². The first-order chi connectivity index (χ1) is 5.24. The summed E-state index contributed by atoms with van der Waals surface area (Å²) in [5, 5.41) is 0. The van der Waals surface area contributed by atoms with Crippen LogP contribution in [0.3, 0.4) is 0 Å². The third-order valence-electron chi connectivity index (χ3n) is 2.43. The molecule has 1 fully saturated rings.